The van der Waals surface area contributed by atoms with Gasteiger partial charge in [0.05, 0.1) is 19.4 Å². The lowest BCUT2D eigenvalue weighted by Crippen LogP contribution is -2.54. The molecule has 0 aromatic heterocycles. The highest BCUT2D eigenvalue weighted by Gasteiger charge is 2.36. The number of benzene rings is 1. The lowest BCUT2D eigenvalue weighted by molar-refractivity contribution is -0.144. The van der Waals surface area contributed by atoms with Gasteiger partial charge >= 0.3 is 12.1 Å². The Morgan fingerprint density at radius 2 is 1.62 bits per heavy atom. The number of nitrogens with two attached hydrogens (primary N) is 1. The molecular weight excluding hydrogens is 516 g/mol. The molecule has 4 N–H and O–H groups in total. The van der Waals surface area contributed by atoms with Gasteiger partial charge in [-0.25, -0.2) is 4.79 Å². The minimum Gasteiger partial charge on any atom is -0.466 e. The van der Waals surface area contributed by atoms with Gasteiger partial charge in [0.25, 0.3) is 0 Å². The molecule has 40 heavy (non-hydrogen) atoms. The van der Waals surface area contributed by atoms with Gasteiger partial charge in [-0.3, -0.25) is 19.2 Å². The normalized spacial score (nSPS) is 12.5. The van der Waals surface area contributed by atoms with Crippen molar-refractivity contribution in [1.29, 1.82) is 0 Å². The van der Waals surface area contributed by atoms with Crippen molar-refractivity contribution < 1.29 is 33.4 Å². The fourth-order valence-electron chi connectivity index (χ4n) is 4.03. The van der Waals surface area contributed by atoms with E-state index in [-0.39, 0.29) is 26.1 Å². The Kier molecular flexibility index (Phi) is 15.4. The molecule has 0 saturated carbocycles. The maximum absolute atomic E-state index is 14.0. The van der Waals surface area contributed by atoms with E-state index >= 15 is 0 Å². The highest BCUT2D eigenvalue weighted by Crippen LogP contribution is 2.24. The number of primary amides is 1. The summed E-state index contributed by atoms with van der Waals surface area (Å²) >= 11 is 0. The Hall–Kier alpha value is -3.63. The summed E-state index contributed by atoms with van der Waals surface area (Å²) in [4.78, 5) is 65.2. The molecule has 0 saturated heterocycles. The van der Waals surface area contributed by atoms with E-state index in [4.69, 9.17) is 15.2 Å². The number of esters is 1. The van der Waals surface area contributed by atoms with Gasteiger partial charge in [-0.15, -0.1) is 0 Å². The molecule has 1 aromatic rings. The van der Waals surface area contributed by atoms with Crippen molar-refractivity contribution in [2.75, 3.05) is 19.7 Å². The summed E-state index contributed by atoms with van der Waals surface area (Å²) in [7, 11) is 0. The van der Waals surface area contributed by atoms with E-state index in [1.54, 1.807) is 58.0 Å². The zero-order valence-corrected chi connectivity index (χ0v) is 24.5. The number of carbonyl (C=O) groups is 5. The fraction of sp³-hybridized carbons (Fsp3) is 0.621. The first-order chi connectivity index (χ1) is 18.9. The lowest BCUT2D eigenvalue weighted by atomic mass is 10.0. The first-order valence-corrected chi connectivity index (χ1v) is 14.0. The van der Waals surface area contributed by atoms with Crippen LogP contribution in [0.1, 0.15) is 91.2 Å². The summed E-state index contributed by atoms with van der Waals surface area (Å²) in [5.41, 5.74) is 5.13. The minimum atomic E-state index is -1.35. The average molecular weight is 563 g/mol. The second-order valence-electron chi connectivity index (χ2n) is 10.5. The van der Waals surface area contributed by atoms with E-state index in [1.165, 1.54) is 4.90 Å². The van der Waals surface area contributed by atoms with Crippen LogP contribution in [0.2, 0.25) is 0 Å². The molecule has 11 nitrogen and oxygen atoms in total. The fourth-order valence-corrected chi connectivity index (χ4v) is 4.03. The monoisotopic (exact) mass is 562 g/mol. The van der Waals surface area contributed by atoms with Gasteiger partial charge in [-0.05, 0) is 39.7 Å². The first kappa shape index (κ1) is 34.4. The molecule has 0 fully saturated rings. The number of nitrogens with one attached hydrogen (secondary N) is 2. The van der Waals surface area contributed by atoms with E-state index in [1.807, 2.05) is 0 Å². The molecule has 0 bridgehead atoms. The van der Waals surface area contributed by atoms with Crippen LogP contribution < -0.4 is 16.4 Å². The van der Waals surface area contributed by atoms with Crippen LogP contribution in [0.5, 0.6) is 0 Å². The maximum atomic E-state index is 14.0. The Balaban J connectivity index is 3.36. The Morgan fingerprint density at radius 3 is 2.20 bits per heavy atom. The molecule has 0 aliphatic heterocycles. The molecule has 11 heteroatoms. The number of amides is 4. The van der Waals surface area contributed by atoms with Crippen LogP contribution in [0.15, 0.2) is 30.3 Å². The van der Waals surface area contributed by atoms with Crippen molar-refractivity contribution in [2.24, 2.45) is 5.73 Å². The van der Waals surface area contributed by atoms with Crippen molar-refractivity contribution in [1.82, 2.24) is 15.5 Å². The van der Waals surface area contributed by atoms with Crippen LogP contribution in [0, 0.1) is 0 Å². The van der Waals surface area contributed by atoms with Gasteiger partial charge < -0.3 is 30.7 Å². The molecule has 0 radical (unpaired) electrons. The lowest BCUT2D eigenvalue weighted by Gasteiger charge is -2.34. The summed E-state index contributed by atoms with van der Waals surface area (Å²) in [5, 5.41) is 5.20. The molecule has 4 amide bonds. The van der Waals surface area contributed by atoms with Crippen LogP contribution in [-0.2, 0) is 28.7 Å². The molecule has 2 unspecified atom stereocenters. The third-order valence-electron chi connectivity index (χ3n) is 5.79. The third-order valence-corrected chi connectivity index (χ3v) is 5.79. The Morgan fingerprint density at radius 1 is 0.975 bits per heavy atom. The highest BCUT2D eigenvalue weighted by molar-refractivity contribution is 5.94. The molecule has 0 aliphatic rings. The number of rotatable bonds is 17. The van der Waals surface area contributed by atoms with E-state index in [0.29, 0.717) is 12.0 Å². The van der Waals surface area contributed by atoms with Crippen molar-refractivity contribution in [2.45, 2.75) is 97.2 Å². The van der Waals surface area contributed by atoms with E-state index in [9.17, 15) is 24.0 Å². The number of hydrogen-bond acceptors (Lipinski definition) is 7. The van der Waals surface area contributed by atoms with E-state index in [2.05, 4.69) is 17.6 Å². The van der Waals surface area contributed by atoms with Gasteiger partial charge in [0.2, 0.25) is 17.7 Å². The second-order valence-corrected chi connectivity index (χ2v) is 10.5. The predicted octanol–water partition coefficient (Wildman–Crippen LogP) is 3.36. The van der Waals surface area contributed by atoms with Crippen LogP contribution in [0.3, 0.4) is 0 Å². The van der Waals surface area contributed by atoms with Gasteiger partial charge in [0.1, 0.15) is 17.7 Å². The van der Waals surface area contributed by atoms with Crippen molar-refractivity contribution in [3.8, 4) is 0 Å². The Labute approximate surface area is 237 Å². The van der Waals surface area contributed by atoms with Crippen LogP contribution in [0.25, 0.3) is 0 Å². The summed E-state index contributed by atoms with van der Waals surface area (Å²) in [6.45, 7) is 9.24. The average Bonchev–Trinajstić information content (AvgIpc) is 2.86. The molecule has 2 atom stereocenters. The van der Waals surface area contributed by atoms with Gasteiger partial charge in [0, 0.05) is 13.1 Å². The number of nitrogens with zero attached hydrogens (tertiary/aromatic N) is 1. The zero-order valence-electron chi connectivity index (χ0n) is 24.5. The summed E-state index contributed by atoms with van der Waals surface area (Å²) in [5.74, 6) is -2.40. The number of carbonyl (C=O) groups excluding carboxylic acids is 5. The molecule has 224 valence electrons. The number of unbranched alkanes of at least 4 members (excludes halogenated alkanes) is 4. The van der Waals surface area contributed by atoms with Crippen LogP contribution in [0.4, 0.5) is 4.79 Å². The van der Waals surface area contributed by atoms with Crippen molar-refractivity contribution >= 4 is 29.8 Å². The summed E-state index contributed by atoms with van der Waals surface area (Å²) in [6.07, 6.45) is 3.07. The molecule has 1 rings (SSSR count). The molecule has 0 spiro atoms. The van der Waals surface area contributed by atoms with Gasteiger partial charge in [-0.2, -0.15) is 0 Å². The minimum absolute atomic E-state index is 0.0143. The molecule has 1 aromatic carbocycles. The largest absolute Gasteiger partial charge is 0.466 e. The molecular formula is C29H46N4O7. The highest BCUT2D eigenvalue weighted by atomic mass is 16.6. The standard InChI is InChI=1S/C29H46N4O7/c1-6-8-9-10-14-19-33(27(37)22(20-23(30)34)32-28(38)40-29(3,4)5)25(21-15-12-11-13-16-21)26(36)31-18-17-24(35)39-7-2/h11-13,15-16,22,25H,6-10,14,17-20H2,1-5H3,(H2,30,34)(H,31,36)(H,32,38). The topological polar surface area (TPSA) is 157 Å². The van der Waals surface area contributed by atoms with E-state index < -0.39 is 53.9 Å². The van der Waals surface area contributed by atoms with Gasteiger partial charge in [0.15, 0.2) is 0 Å². The zero-order chi connectivity index (χ0) is 30.1. The Bertz CT molecular complexity index is 963. The molecule has 0 aliphatic carbocycles. The van der Waals surface area contributed by atoms with Crippen LogP contribution >= 0.6 is 0 Å². The quantitative estimate of drug-likeness (QED) is 0.194. The smallest absolute Gasteiger partial charge is 0.408 e. The van der Waals surface area contributed by atoms with Crippen molar-refractivity contribution in [3.63, 3.8) is 0 Å². The number of ether oxygens (including phenoxy) is 2. The second kappa shape index (κ2) is 17.9. The number of hydrogen-bond donors (Lipinski definition) is 3. The van der Waals surface area contributed by atoms with Crippen molar-refractivity contribution in [3.05, 3.63) is 35.9 Å². The summed E-state index contributed by atoms with van der Waals surface area (Å²) < 4.78 is 10.2. The van der Waals surface area contributed by atoms with Crippen LogP contribution in [-0.4, -0.2) is 66.0 Å². The van der Waals surface area contributed by atoms with E-state index in [0.717, 1.165) is 25.7 Å². The summed E-state index contributed by atoms with van der Waals surface area (Å²) in [6, 6.07) is 6.29. The third kappa shape index (κ3) is 13.4. The SMILES string of the molecule is CCCCCCCN(C(=O)C(CC(N)=O)NC(=O)OC(C)(C)C)C(C(=O)NCCC(=O)OCC)c1ccccc1. The number of alkyl carbamates (subject to hydrolysis) is 1. The molecule has 0 heterocycles. The predicted molar refractivity (Wildman–Crippen MR) is 151 cm³/mol. The van der Waals surface area contributed by atoms with Gasteiger partial charge in [-0.1, -0.05) is 62.9 Å². The maximum Gasteiger partial charge on any atom is 0.408 e. The first-order valence-electron chi connectivity index (χ1n) is 14.0.